The standard InChI is InChI=1S/C20H12BrCl2F3N4O3/c1-8(19(31)32)2-9-3-14(23)11(5-13(9)22)16-28-18(33-29-16)15-7-30-6-10(20(24,25)26)4-12(21)17(30)27-15/h3-8H,2H2,1H3,(H,31,32). The second-order valence-corrected chi connectivity index (χ2v) is 8.89. The minimum absolute atomic E-state index is 0.0371. The molecule has 0 aliphatic carbocycles. The van der Waals surface area contributed by atoms with E-state index in [1.54, 1.807) is 6.92 Å². The van der Waals surface area contributed by atoms with Crippen LogP contribution in [0.1, 0.15) is 18.1 Å². The van der Waals surface area contributed by atoms with Gasteiger partial charge in [0, 0.05) is 23.0 Å². The van der Waals surface area contributed by atoms with Crippen molar-refractivity contribution < 1.29 is 27.6 Å². The zero-order valence-corrected chi connectivity index (χ0v) is 19.6. The summed E-state index contributed by atoms with van der Waals surface area (Å²) in [6, 6.07) is 3.97. The van der Waals surface area contributed by atoms with Crippen molar-refractivity contribution in [3.63, 3.8) is 0 Å². The Hall–Kier alpha value is -2.63. The number of carbonyl (C=O) groups is 1. The predicted molar refractivity (Wildman–Crippen MR) is 117 cm³/mol. The lowest BCUT2D eigenvalue weighted by molar-refractivity contribution is -0.141. The second kappa shape index (κ2) is 8.62. The quantitative estimate of drug-likeness (QED) is 0.302. The van der Waals surface area contributed by atoms with E-state index < -0.39 is 23.6 Å². The van der Waals surface area contributed by atoms with Crippen LogP contribution in [-0.4, -0.2) is 30.6 Å². The van der Waals surface area contributed by atoms with E-state index in [2.05, 4.69) is 31.1 Å². The molecular weight excluding hydrogens is 552 g/mol. The Kier molecular flexibility index (Phi) is 6.14. The van der Waals surface area contributed by atoms with Crippen molar-refractivity contribution in [3.05, 3.63) is 56.2 Å². The molecule has 4 rings (SSSR count). The molecule has 33 heavy (non-hydrogen) atoms. The van der Waals surface area contributed by atoms with Crippen LogP contribution in [-0.2, 0) is 17.4 Å². The average Bonchev–Trinajstić information content (AvgIpc) is 3.37. The van der Waals surface area contributed by atoms with E-state index in [4.69, 9.17) is 32.8 Å². The number of benzene rings is 1. The van der Waals surface area contributed by atoms with E-state index in [0.717, 1.165) is 12.3 Å². The number of hydrogen-bond acceptors (Lipinski definition) is 5. The van der Waals surface area contributed by atoms with Gasteiger partial charge in [-0.25, -0.2) is 4.98 Å². The minimum Gasteiger partial charge on any atom is -0.481 e. The third kappa shape index (κ3) is 4.71. The van der Waals surface area contributed by atoms with E-state index in [0.29, 0.717) is 11.1 Å². The van der Waals surface area contributed by atoms with Crippen LogP contribution in [0.2, 0.25) is 10.0 Å². The van der Waals surface area contributed by atoms with Crippen LogP contribution in [0, 0.1) is 5.92 Å². The molecule has 13 heteroatoms. The number of pyridine rings is 1. The third-order valence-electron chi connectivity index (χ3n) is 4.80. The molecule has 4 aromatic rings. The van der Waals surface area contributed by atoms with Crippen LogP contribution < -0.4 is 0 Å². The molecule has 1 atom stereocenters. The SMILES string of the molecule is CC(Cc1cc(Cl)c(-c2noc(-c3cn4cc(C(F)(F)F)cc(Br)c4n3)n2)cc1Cl)C(=O)O. The summed E-state index contributed by atoms with van der Waals surface area (Å²) in [5, 5.41) is 13.5. The van der Waals surface area contributed by atoms with Crippen LogP contribution in [0.5, 0.6) is 0 Å². The minimum atomic E-state index is -4.52. The third-order valence-corrected chi connectivity index (χ3v) is 6.05. The Balaban J connectivity index is 1.68. The number of aromatic nitrogens is 4. The molecule has 0 radical (unpaired) electrons. The molecule has 7 nitrogen and oxygen atoms in total. The number of rotatable bonds is 5. The monoisotopic (exact) mass is 562 g/mol. The largest absolute Gasteiger partial charge is 0.481 e. The molecule has 3 heterocycles. The summed E-state index contributed by atoms with van der Waals surface area (Å²) in [5.41, 5.74) is 0.428. The first kappa shape index (κ1) is 23.5. The van der Waals surface area contributed by atoms with Gasteiger partial charge in [0.1, 0.15) is 5.69 Å². The van der Waals surface area contributed by atoms with Gasteiger partial charge in [0.05, 0.1) is 21.0 Å². The summed E-state index contributed by atoms with van der Waals surface area (Å²) >= 11 is 15.7. The van der Waals surface area contributed by atoms with Crippen molar-refractivity contribution in [2.45, 2.75) is 19.5 Å². The molecule has 0 bridgehead atoms. The number of hydrogen-bond donors (Lipinski definition) is 1. The number of carboxylic acid groups (broad SMARTS) is 1. The van der Waals surface area contributed by atoms with Gasteiger partial charge in [-0.3, -0.25) is 4.79 Å². The smallest absolute Gasteiger partial charge is 0.417 e. The normalized spacial score (nSPS) is 12.9. The summed E-state index contributed by atoms with van der Waals surface area (Å²) in [6.07, 6.45) is -2.11. The number of carboxylic acids is 1. The molecule has 0 saturated carbocycles. The number of halogens is 6. The number of nitrogens with zero attached hydrogens (tertiary/aromatic N) is 4. The molecule has 0 spiro atoms. The Labute approximate surface area is 202 Å². The Bertz CT molecular complexity index is 1390. The maximum Gasteiger partial charge on any atom is 0.417 e. The van der Waals surface area contributed by atoms with Gasteiger partial charge in [0.2, 0.25) is 5.82 Å². The van der Waals surface area contributed by atoms with Crippen LogP contribution in [0.25, 0.3) is 28.6 Å². The van der Waals surface area contributed by atoms with Gasteiger partial charge in [0.15, 0.2) is 5.65 Å². The molecule has 3 aromatic heterocycles. The summed E-state index contributed by atoms with van der Waals surface area (Å²) in [7, 11) is 0. The van der Waals surface area contributed by atoms with Crippen LogP contribution in [0.4, 0.5) is 13.2 Å². The number of fused-ring (bicyclic) bond motifs is 1. The Morgan fingerprint density at radius 2 is 1.94 bits per heavy atom. The zero-order chi connectivity index (χ0) is 24.1. The molecule has 0 aliphatic heterocycles. The summed E-state index contributed by atoms with van der Waals surface area (Å²) in [5.74, 6) is -1.57. The van der Waals surface area contributed by atoms with Gasteiger partial charge < -0.3 is 14.0 Å². The van der Waals surface area contributed by atoms with E-state index in [1.807, 2.05) is 0 Å². The fraction of sp³-hybridized carbons (Fsp3) is 0.200. The van der Waals surface area contributed by atoms with E-state index in [-0.39, 0.29) is 44.0 Å². The van der Waals surface area contributed by atoms with Crippen molar-refractivity contribution in [1.82, 2.24) is 19.5 Å². The van der Waals surface area contributed by atoms with Gasteiger partial charge in [-0.15, -0.1) is 0 Å². The fourth-order valence-electron chi connectivity index (χ4n) is 3.08. The lowest BCUT2D eigenvalue weighted by Gasteiger charge is -2.10. The van der Waals surface area contributed by atoms with Gasteiger partial charge >= 0.3 is 12.1 Å². The maximum absolute atomic E-state index is 13.1. The van der Waals surface area contributed by atoms with Gasteiger partial charge in [-0.05, 0) is 46.1 Å². The van der Waals surface area contributed by atoms with Crippen molar-refractivity contribution in [2.24, 2.45) is 5.92 Å². The van der Waals surface area contributed by atoms with Crippen molar-refractivity contribution in [1.29, 1.82) is 0 Å². The molecule has 1 aromatic carbocycles. The molecule has 1 unspecified atom stereocenters. The lowest BCUT2D eigenvalue weighted by Crippen LogP contribution is -2.12. The Morgan fingerprint density at radius 3 is 2.61 bits per heavy atom. The highest BCUT2D eigenvalue weighted by molar-refractivity contribution is 9.10. The van der Waals surface area contributed by atoms with Crippen LogP contribution in [0.15, 0.2) is 39.6 Å². The molecular formula is C20H12BrCl2F3N4O3. The molecule has 172 valence electrons. The topological polar surface area (TPSA) is 93.5 Å². The van der Waals surface area contributed by atoms with E-state index in [1.165, 1.54) is 22.7 Å². The fourth-order valence-corrected chi connectivity index (χ4v) is 4.14. The molecule has 0 fully saturated rings. The number of alkyl halides is 3. The maximum atomic E-state index is 13.1. The first-order valence-electron chi connectivity index (χ1n) is 9.24. The molecule has 1 N–H and O–H groups in total. The summed E-state index contributed by atoms with van der Waals surface area (Å²) in [6.45, 7) is 1.55. The Morgan fingerprint density at radius 1 is 1.21 bits per heavy atom. The predicted octanol–water partition coefficient (Wildman–Crippen LogP) is 6.40. The highest BCUT2D eigenvalue weighted by Gasteiger charge is 2.32. The summed E-state index contributed by atoms with van der Waals surface area (Å²) < 4.78 is 45.8. The van der Waals surface area contributed by atoms with Gasteiger partial charge in [-0.2, -0.15) is 18.2 Å². The molecule has 0 amide bonds. The lowest BCUT2D eigenvalue weighted by atomic mass is 10.00. The van der Waals surface area contributed by atoms with Gasteiger partial charge in [0.25, 0.3) is 5.89 Å². The highest BCUT2D eigenvalue weighted by atomic mass is 79.9. The van der Waals surface area contributed by atoms with Crippen molar-refractivity contribution >= 4 is 50.7 Å². The highest BCUT2D eigenvalue weighted by Crippen LogP contribution is 2.35. The van der Waals surface area contributed by atoms with E-state index in [9.17, 15) is 18.0 Å². The first-order valence-corrected chi connectivity index (χ1v) is 10.8. The van der Waals surface area contributed by atoms with Gasteiger partial charge in [-0.1, -0.05) is 35.3 Å². The summed E-state index contributed by atoms with van der Waals surface area (Å²) in [4.78, 5) is 19.6. The molecule has 0 saturated heterocycles. The second-order valence-electron chi connectivity index (χ2n) is 7.22. The van der Waals surface area contributed by atoms with Crippen LogP contribution >= 0.6 is 39.1 Å². The first-order chi connectivity index (χ1) is 15.4. The molecule has 0 aliphatic rings. The number of aliphatic carboxylic acids is 1. The van der Waals surface area contributed by atoms with E-state index >= 15 is 0 Å². The van der Waals surface area contributed by atoms with Crippen molar-refractivity contribution in [3.8, 4) is 23.0 Å². The number of imidazole rings is 1. The van der Waals surface area contributed by atoms with Crippen molar-refractivity contribution in [2.75, 3.05) is 0 Å². The zero-order valence-electron chi connectivity index (χ0n) is 16.5. The van der Waals surface area contributed by atoms with Crippen LogP contribution in [0.3, 0.4) is 0 Å². The average molecular weight is 564 g/mol.